The molecule has 0 aromatic heterocycles. The maximum atomic E-state index is 10.8. The molecule has 0 unspecified atom stereocenters. The van der Waals surface area contributed by atoms with E-state index in [1.165, 1.54) is 0 Å². The molecule has 0 fully saturated rings. The number of hydrogen-bond donors (Lipinski definition) is 0. The van der Waals surface area contributed by atoms with Crippen LogP contribution in [0.4, 0.5) is 0 Å². The van der Waals surface area contributed by atoms with Crippen LogP contribution in [0.2, 0.25) is 0 Å². The molecule has 0 saturated carbocycles. The molecule has 1 aromatic carbocycles. The molecule has 1 aromatic rings. The number of esters is 1. The van der Waals surface area contributed by atoms with Gasteiger partial charge >= 0.3 is 42.0 Å². The predicted molar refractivity (Wildman–Crippen MR) is 43.4 cm³/mol. The smallest absolute Gasteiger partial charge is 1.00 e. The molecule has 0 saturated heterocycles. The summed E-state index contributed by atoms with van der Waals surface area (Å²) in [5, 5.41) is 0. The van der Waals surface area contributed by atoms with Gasteiger partial charge in [0.2, 0.25) is 0 Å². The zero-order chi connectivity index (χ0) is 8.81. The molecule has 0 bridgehead atoms. The van der Waals surface area contributed by atoms with Gasteiger partial charge < -0.3 is 6.16 Å². The van der Waals surface area contributed by atoms with E-state index < -0.39 is 5.97 Å². The maximum Gasteiger partial charge on any atom is 1.00 e. The molecule has 0 amide bonds. The Morgan fingerprint density at radius 3 is 2.54 bits per heavy atom. The van der Waals surface area contributed by atoms with E-state index in [0.29, 0.717) is 0 Å². The van der Waals surface area contributed by atoms with Crippen LogP contribution in [0.25, 0.3) is 0 Å². The Hall–Kier alpha value is -0.640. The maximum absolute atomic E-state index is 10.8. The molecule has 0 aliphatic heterocycles. The predicted octanol–water partition coefficient (Wildman–Crippen LogP) is -1.95. The molecule has 4 heteroatoms. The minimum Gasteiger partial charge on any atom is -1.00 e. The Bertz CT molecular complexity index is 277. The number of carbonyl (C=O) groups excluding carboxylic acids is 2. The summed E-state index contributed by atoms with van der Waals surface area (Å²) in [6.45, 7) is 0.144. The normalized spacial score (nSPS) is 8.31. The van der Waals surface area contributed by atoms with E-state index in [4.69, 9.17) is 0 Å². The van der Waals surface area contributed by atoms with Gasteiger partial charge in [0.1, 0.15) is 0 Å². The fourth-order valence-corrected chi connectivity index (χ4v) is 0.858. The second-order valence-corrected chi connectivity index (χ2v) is 2.25. The van der Waals surface area contributed by atoms with Gasteiger partial charge in [-0.1, -0.05) is 30.3 Å². The molecule has 1 rings (SSSR count). The minimum atomic E-state index is -0.531. The molecule has 3 nitrogen and oxygen atoms in total. The Labute approximate surface area is 99.9 Å². The van der Waals surface area contributed by atoms with Gasteiger partial charge in [0.05, 0.1) is 6.42 Å². The van der Waals surface area contributed by atoms with Crippen LogP contribution in [0.3, 0.4) is 0 Å². The molecule has 0 radical (unpaired) electrons. The van der Waals surface area contributed by atoms with E-state index in [9.17, 15) is 9.59 Å². The summed E-state index contributed by atoms with van der Waals surface area (Å²) in [6, 6.07) is 9.10. The monoisotopic (exact) mass is 188 g/mol. The average molecular weight is 188 g/mol. The molecular weight excluding hydrogens is 179 g/mol. The number of ether oxygens (including phenoxy) is 1. The molecule has 13 heavy (non-hydrogen) atoms. The number of rotatable bonds is 3. The molecule has 0 heterocycles. The second-order valence-electron chi connectivity index (χ2n) is 2.25. The van der Waals surface area contributed by atoms with Crippen molar-refractivity contribution in [3.05, 3.63) is 35.9 Å². The van der Waals surface area contributed by atoms with Gasteiger partial charge in [-0.2, -0.15) is 0 Å². The largest absolute Gasteiger partial charge is 1.00 e. The molecule has 0 atom stereocenters. The van der Waals surface area contributed by atoms with Crippen molar-refractivity contribution in [1.82, 2.24) is 0 Å². The van der Waals surface area contributed by atoms with Crippen molar-refractivity contribution in [3.8, 4) is 0 Å². The average Bonchev–Trinajstić information content (AvgIpc) is 2.06. The van der Waals surface area contributed by atoms with Crippen LogP contribution in [-0.4, -0.2) is 12.4 Å². The van der Waals surface area contributed by atoms with E-state index in [0.717, 1.165) is 5.56 Å². The summed E-state index contributed by atoms with van der Waals surface area (Å²) in [6.07, 6.45) is 0.138. The van der Waals surface area contributed by atoms with Crippen molar-refractivity contribution in [1.29, 1.82) is 0 Å². The standard InChI is InChI=1S/C9H8O3.Na.H/c10-7-12-9(11)6-8-4-2-1-3-5-8;;/h1-5,7H,6H2;;/q;+1;-1. The zero-order valence-corrected chi connectivity index (χ0v) is 9.40. The van der Waals surface area contributed by atoms with Crippen LogP contribution >= 0.6 is 0 Å². The SMILES string of the molecule is O=COC(=O)Cc1ccccc1.[H-].[Na+]. The molecule has 64 valence electrons. The first-order valence-corrected chi connectivity index (χ1v) is 3.50. The third-order valence-electron chi connectivity index (χ3n) is 1.37. The van der Waals surface area contributed by atoms with Crippen LogP contribution in [0.15, 0.2) is 30.3 Å². The summed E-state index contributed by atoms with van der Waals surface area (Å²) in [5.41, 5.74) is 0.837. The third kappa shape index (κ3) is 4.83. The molecular formula is C9H9NaO3. The molecule has 0 aliphatic rings. The van der Waals surface area contributed by atoms with Crippen molar-refractivity contribution < 1.29 is 45.3 Å². The summed E-state index contributed by atoms with van der Waals surface area (Å²) >= 11 is 0. The molecule has 0 spiro atoms. The first kappa shape index (κ1) is 12.4. The van der Waals surface area contributed by atoms with E-state index >= 15 is 0 Å². The van der Waals surface area contributed by atoms with Crippen LogP contribution in [0.5, 0.6) is 0 Å². The van der Waals surface area contributed by atoms with E-state index in [1.54, 1.807) is 12.1 Å². The summed E-state index contributed by atoms with van der Waals surface area (Å²) < 4.78 is 4.13. The number of carbonyl (C=O) groups is 2. The van der Waals surface area contributed by atoms with Crippen molar-refractivity contribution >= 4 is 12.4 Å². The van der Waals surface area contributed by atoms with Crippen LogP contribution < -0.4 is 29.6 Å². The van der Waals surface area contributed by atoms with Gasteiger partial charge in [-0.25, -0.2) is 0 Å². The van der Waals surface area contributed by atoms with E-state index in [2.05, 4.69) is 4.74 Å². The Morgan fingerprint density at radius 1 is 1.38 bits per heavy atom. The summed E-state index contributed by atoms with van der Waals surface area (Å²) in [5.74, 6) is -0.531. The first-order valence-electron chi connectivity index (χ1n) is 3.50. The molecule has 0 N–H and O–H groups in total. The van der Waals surface area contributed by atoms with Gasteiger partial charge in [-0.3, -0.25) is 9.59 Å². The zero-order valence-electron chi connectivity index (χ0n) is 8.40. The first-order chi connectivity index (χ1) is 5.83. The van der Waals surface area contributed by atoms with Gasteiger partial charge in [0.15, 0.2) is 0 Å². The molecule has 0 aliphatic carbocycles. The van der Waals surface area contributed by atoms with Gasteiger partial charge in [0, 0.05) is 0 Å². The fraction of sp³-hybridized carbons (Fsp3) is 0.111. The Morgan fingerprint density at radius 2 is 2.00 bits per heavy atom. The van der Waals surface area contributed by atoms with Crippen molar-refractivity contribution in [2.24, 2.45) is 0 Å². The third-order valence-corrected chi connectivity index (χ3v) is 1.37. The van der Waals surface area contributed by atoms with Gasteiger partial charge in [-0.05, 0) is 5.56 Å². The van der Waals surface area contributed by atoms with E-state index in [-0.39, 0.29) is 43.9 Å². The summed E-state index contributed by atoms with van der Waals surface area (Å²) in [7, 11) is 0. The van der Waals surface area contributed by atoms with Crippen LogP contribution in [0, 0.1) is 0 Å². The number of benzene rings is 1. The quantitative estimate of drug-likeness (QED) is 0.239. The number of hydrogen-bond acceptors (Lipinski definition) is 3. The van der Waals surface area contributed by atoms with Crippen LogP contribution in [-0.2, 0) is 20.7 Å². The summed E-state index contributed by atoms with van der Waals surface area (Å²) in [4.78, 5) is 20.5. The fourth-order valence-electron chi connectivity index (χ4n) is 0.858. The van der Waals surface area contributed by atoms with Crippen molar-refractivity contribution in [2.45, 2.75) is 6.42 Å². The second kappa shape index (κ2) is 6.83. The van der Waals surface area contributed by atoms with Crippen LogP contribution in [0.1, 0.15) is 6.99 Å². The van der Waals surface area contributed by atoms with Crippen molar-refractivity contribution in [2.75, 3.05) is 0 Å². The van der Waals surface area contributed by atoms with E-state index in [1.807, 2.05) is 18.2 Å². The topological polar surface area (TPSA) is 43.4 Å². The minimum absolute atomic E-state index is 0. The Kier molecular flexibility index (Phi) is 6.49. The Balaban J connectivity index is 0. The van der Waals surface area contributed by atoms with Gasteiger partial charge in [-0.15, -0.1) is 0 Å². The van der Waals surface area contributed by atoms with Crippen molar-refractivity contribution in [3.63, 3.8) is 0 Å². The van der Waals surface area contributed by atoms with Gasteiger partial charge in [0.25, 0.3) is 0 Å².